The van der Waals surface area contributed by atoms with Crippen LogP contribution >= 0.6 is 22.6 Å². The Morgan fingerprint density at radius 1 is 1.50 bits per heavy atom. The number of pyridine rings is 1. The first-order valence-corrected chi connectivity index (χ1v) is 4.25. The molecular weight excluding hydrogens is 318 g/mol. The van der Waals surface area contributed by atoms with Crippen LogP contribution in [0.4, 0.5) is 13.2 Å². The Hall–Kier alpha value is -0.930. The molecule has 0 amide bonds. The first-order valence-electron chi connectivity index (χ1n) is 3.17. The van der Waals surface area contributed by atoms with Gasteiger partial charge in [-0.3, -0.25) is 9.78 Å². The Morgan fingerprint density at radius 2 is 2.07 bits per heavy atom. The maximum Gasteiger partial charge on any atom is 0.574 e. The standard InChI is InChI=1S/C6H3F3INO3/c7-6(8,9)14-5-4(10)2(12)1-3(13)11-5/h1H,(H2,11,12,13). The lowest BCUT2D eigenvalue weighted by Crippen LogP contribution is -2.20. The van der Waals surface area contributed by atoms with Crippen LogP contribution in [-0.2, 0) is 0 Å². The largest absolute Gasteiger partial charge is 0.574 e. The molecule has 1 aromatic heterocycles. The van der Waals surface area contributed by atoms with Gasteiger partial charge in [0, 0.05) is 6.07 Å². The van der Waals surface area contributed by atoms with Gasteiger partial charge in [-0.25, -0.2) is 0 Å². The summed E-state index contributed by atoms with van der Waals surface area (Å²) in [4.78, 5) is 12.5. The van der Waals surface area contributed by atoms with Crippen molar-refractivity contribution in [1.82, 2.24) is 4.98 Å². The van der Waals surface area contributed by atoms with E-state index in [9.17, 15) is 18.0 Å². The molecule has 0 aromatic carbocycles. The van der Waals surface area contributed by atoms with E-state index in [0.717, 1.165) is 6.07 Å². The molecule has 14 heavy (non-hydrogen) atoms. The van der Waals surface area contributed by atoms with E-state index in [-0.39, 0.29) is 3.57 Å². The molecule has 8 heteroatoms. The van der Waals surface area contributed by atoms with Crippen molar-refractivity contribution in [3.05, 3.63) is 20.0 Å². The Balaban J connectivity index is 3.15. The van der Waals surface area contributed by atoms with Crippen LogP contribution in [0, 0.1) is 3.57 Å². The van der Waals surface area contributed by atoms with Crippen LogP contribution in [0.15, 0.2) is 10.9 Å². The monoisotopic (exact) mass is 321 g/mol. The van der Waals surface area contributed by atoms with Gasteiger partial charge in [0.2, 0.25) is 5.88 Å². The van der Waals surface area contributed by atoms with Crippen LogP contribution in [0.2, 0.25) is 0 Å². The van der Waals surface area contributed by atoms with Gasteiger partial charge in [0.15, 0.2) is 0 Å². The minimum Gasteiger partial charge on any atom is -0.506 e. The third kappa shape index (κ3) is 2.79. The number of rotatable bonds is 1. The lowest BCUT2D eigenvalue weighted by Gasteiger charge is -2.09. The van der Waals surface area contributed by atoms with Crippen molar-refractivity contribution in [2.24, 2.45) is 0 Å². The maximum atomic E-state index is 11.8. The van der Waals surface area contributed by atoms with E-state index in [4.69, 9.17) is 5.11 Å². The summed E-state index contributed by atoms with van der Waals surface area (Å²) >= 11 is 1.42. The molecule has 1 heterocycles. The molecule has 0 unspecified atom stereocenters. The highest BCUT2D eigenvalue weighted by Gasteiger charge is 2.33. The first-order chi connectivity index (χ1) is 6.29. The van der Waals surface area contributed by atoms with Gasteiger partial charge in [0.1, 0.15) is 9.32 Å². The van der Waals surface area contributed by atoms with E-state index >= 15 is 0 Å². The molecule has 0 spiro atoms. The molecule has 0 aliphatic rings. The predicted molar refractivity (Wildman–Crippen MR) is 48.1 cm³/mol. The second-order valence-electron chi connectivity index (χ2n) is 2.21. The van der Waals surface area contributed by atoms with Crippen molar-refractivity contribution >= 4 is 22.6 Å². The predicted octanol–water partition coefficient (Wildman–Crippen LogP) is 1.58. The number of alkyl halides is 3. The van der Waals surface area contributed by atoms with Crippen molar-refractivity contribution in [3.8, 4) is 11.6 Å². The molecule has 4 nitrogen and oxygen atoms in total. The Bertz CT molecular complexity index is 400. The normalized spacial score (nSPS) is 11.4. The van der Waals surface area contributed by atoms with Crippen LogP contribution in [0.3, 0.4) is 0 Å². The summed E-state index contributed by atoms with van der Waals surface area (Å²) in [6.07, 6.45) is -4.91. The molecule has 0 saturated heterocycles. The molecule has 0 fully saturated rings. The Kier molecular flexibility index (Phi) is 2.92. The number of H-pyrrole nitrogens is 1. The number of aromatic nitrogens is 1. The smallest absolute Gasteiger partial charge is 0.506 e. The Morgan fingerprint density at radius 3 is 2.57 bits per heavy atom. The molecule has 0 bridgehead atoms. The number of aromatic amines is 1. The lowest BCUT2D eigenvalue weighted by molar-refractivity contribution is -0.276. The summed E-state index contributed by atoms with van der Waals surface area (Å²) in [6, 6.07) is 0.755. The highest BCUT2D eigenvalue weighted by Crippen LogP contribution is 2.29. The Labute approximate surface area is 88.8 Å². The lowest BCUT2D eigenvalue weighted by atomic mass is 10.4. The summed E-state index contributed by atoms with van der Waals surface area (Å²) < 4.78 is 38.5. The SMILES string of the molecule is O=c1cc(O)c(I)c(OC(F)(F)F)[nH]1. The van der Waals surface area contributed by atoms with Gasteiger partial charge in [-0.1, -0.05) is 0 Å². The number of hydrogen-bond acceptors (Lipinski definition) is 3. The third-order valence-electron chi connectivity index (χ3n) is 1.15. The van der Waals surface area contributed by atoms with Crippen molar-refractivity contribution in [1.29, 1.82) is 0 Å². The van der Waals surface area contributed by atoms with Crippen molar-refractivity contribution in [2.75, 3.05) is 0 Å². The molecule has 0 aliphatic heterocycles. The molecule has 78 valence electrons. The molecule has 0 radical (unpaired) electrons. The molecule has 0 saturated carbocycles. The van der Waals surface area contributed by atoms with Crippen LogP contribution in [-0.4, -0.2) is 16.5 Å². The second kappa shape index (κ2) is 3.67. The third-order valence-corrected chi connectivity index (χ3v) is 2.19. The van der Waals surface area contributed by atoms with Crippen LogP contribution < -0.4 is 10.3 Å². The fourth-order valence-electron chi connectivity index (χ4n) is 0.693. The topological polar surface area (TPSA) is 62.3 Å². The second-order valence-corrected chi connectivity index (χ2v) is 3.29. The quantitative estimate of drug-likeness (QED) is 0.772. The maximum absolute atomic E-state index is 11.8. The van der Waals surface area contributed by atoms with E-state index in [0.29, 0.717) is 0 Å². The molecule has 1 rings (SSSR count). The zero-order chi connectivity index (χ0) is 10.9. The average molecular weight is 321 g/mol. The zero-order valence-electron chi connectivity index (χ0n) is 6.35. The van der Waals surface area contributed by atoms with E-state index in [1.54, 1.807) is 0 Å². The van der Waals surface area contributed by atoms with Crippen LogP contribution in [0.5, 0.6) is 11.6 Å². The van der Waals surface area contributed by atoms with Crippen molar-refractivity contribution < 1.29 is 23.0 Å². The number of ether oxygens (including phenoxy) is 1. The van der Waals surface area contributed by atoms with Crippen LogP contribution in [0.25, 0.3) is 0 Å². The molecule has 0 atom stereocenters. The van der Waals surface area contributed by atoms with Gasteiger partial charge in [-0.15, -0.1) is 13.2 Å². The van der Waals surface area contributed by atoms with Gasteiger partial charge < -0.3 is 9.84 Å². The van der Waals surface area contributed by atoms with E-state index in [1.165, 1.54) is 22.6 Å². The summed E-state index contributed by atoms with van der Waals surface area (Å²) in [5.41, 5.74) is -0.873. The van der Waals surface area contributed by atoms with Crippen molar-refractivity contribution in [3.63, 3.8) is 0 Å². The molecule has 1 aromatic rings. The van der Waals surface area contributed by atoms with Crippen molar-refractivity contribution in [2.45, 2.75) is 6.36 Å². The summed E-state index contributed by atoms with van der Waals surface area (Å²) in [6.45, 7) is 0. The average Bonchev–Trinajstić information content (AvgIpc) is 1.96. The summed E-state index contributed by atoms with van der Waals surface area (Å²) in [7, 11) is 0. The molecule has 2 N–H and O–H groups in total. The van der Waals surface area contributed by atoms with E-state index < -0.39 is 23.6 Å². The van der Waals surface area contributed by atoms with Gasteiger partial charge in [-0.05, 0) is 22.6 Å². The zero-order valence-corrected chi connectivity index (χ0v) is 8.51. The fraction of sp³-hybridized carbons (Fsp3) is 0.167. The first kappa shape index (κ1) is 11.1. The summed E-state index contributed by atoms with van der Waals surface area (Å²) in [5, 5.41) is 9.00. The van der Waals surface area contributed by atoms with Gasteiger partial charge in [-0.2, -0.15) is 0 Å². The number of aromatic hydroxyl groups is 1. The number of halogens is 4. The minimum atomic E-state index is -4.91. The van der Waals surface area contributed by atoms with Gasteiger partial charge in [0.25, 0.3) is 5.56 Å². The fourth-order valence-corrected chi connectivity index (χ4v) is 1.09. The summed E-state index contributed by atoms with van der Waals surface area (Å²) in [5.74, 6) is -1.38. The van der Waals surface area contributed by atoms with Crippen LogP contribution in [0.1, 0.15) is 0 Å². The number of hydrogen-bond donors (Lipinski definition) is 2. The number of nitrogens with one attached hydrogen (secondary N) is 1. The van der Waals surface area contributed by atoms with E-state index in [1.807, 2.05) is 4.98 Å². The minimum absolute atomic E-state index is 0.209. The van der Waals surface area contributed by atoms with E-state index in [2.05, 4.69) is 4.74 Å². The highest BCUT2D eigenvalue weighted by atomic mass is 127. The molecular formula is C6H3F3INO3. The van der Waals surface area contributed by atoms with Gasteiger partial charge >= 0.3 is 6.36 Å². The molecule has 0 aliphatic carbocycles. The van der Waals surface area contributed by atoms with Gasteiger partial charge in [0.05, 0.1) is 0 Å². The highest BCUT2D eigenvalue weighted by molar-refractivity contribution is 14.1.